The van der Waals surface area contributed by atoms with Crippen LogP contribution in [0, 0.1) is 0 Å². The van der Waals surface area contributed by atoms with Gasteiger partial charge in [-0.3, -0.25) is 0 Å². The van der Waals surface area contributed by atoms with Gasteiger partial charge in [-0.1, -0.05) is 36.4 Å². The molecule has 0 aliphatic rings. The predicted molar refractivity (Wildman–Crippen MR) is 74.7 cm³/mol. The molecule has 0 spiro atoms. The van der Waals surface area contributed by atoms with E-state index in [-0.39, 0.29) is 12.4 Å². The lowest BCUT2D eigenvalue weighted by Gasteiger charge is -2.11. The zero-order valence-corrected chi connectivity index (χ0v) is 11.0. The number of thiophene rings is 1. The van der Waals surface area contributed by atoms with Crippen LogP contribution in [-0.4, -0.2) is 11.7 Å². The van der Waals surface area contributed by atoms with E-state index in [1.54, 1.807) is 11.3 Å². The number of aliphatic hydroxyl groups is 1. The number of rotatable bonds is 5. The molecule has 0 fully saturated rings. The summed E-state index contributed by atoms with van der Waals surface area (Å²) in [5.74, 6) is 0. The van der Waals surface area contributed by atoms with Crippen molar-refractivity contribution in [2.75, 3.05) is 6.54 Å². The van der Waals surface area contributed by atoms with Crippen molar-refractivity contribution in [2.24, 2.45) is 0 Å². The molecule has 0 radical (unpaired) electrons. The molecule has 0 saturated carbocycles. The molecule has 17 heavy (non-hydrogen) atoms. The Bertz CT molecular complexity index is 405. The maximum atomic E-state index is 9.89. The molecule has 1 aromatic heterocycles. The Morgan fingerprint density at radius 2 is 1.88 bits per heavy atom. The third-order valence-corrected chi connectivity index (χ3v) is 3.28. The number of aliphatic hydroxyl groups excluding tert-OH is 1. The number of nitrogens with one attached hydrogen (secondary N) is 1. The van der Waals surface area contributed by atoms with Crippen LogP contribution >= 0.6 is 23.7 Å². The first-order chi connectivity index (χ1) is 7.86. The molecule has 0 bridgehead atoms. The van der Waals surface area contributed by atoms with Gasteiger partial charge >= 0.3 is 0 Å². The lowest BCUT2D eigenvalue weighted by Crippen LogP contribution is -2.20. The average Bonchev–Trinajstić information content (AvgIpc) is 2.83. The van der Waals surface area contributed by atoms with E-state index in [4.69, 9.17) is 0 Å². The van der Waals surface area contributed by atoms with E-state index in [2.05, 4.69) is 16.8 Å². The van der Waals surface area contributed by atoms with Crippen molar-refractivity contribution in [1.82, 2.24) is 5.32 Å². The van der Waals surface area contributed by atoms with Gasteiger partial charge in [-0.25, -0.2) is 0 Å². The van der Waals surface area contributed by atoms with Crippen molar-refractivity contribution in [1.29, 1.82) is 0 Å². The summed E-state index contributed by atoms with van der Waals surface area (Å²) in [6, 6.07) is 13.8. The summed E-state index contributed by atoms with van der Waals surface area (Å²) in [6.45, 7) is 1.41. The van der Waals surface area contributed by atoms with E-state index >= 15 is 0 Å². The summed E-state index contributed by atoms with van der Waals surface area (Å²) in [7, 11) is 0. The minimum Gasteiger partial charge on any atom is -0.387 e. The first-order valence-corrected chi connectivity index (χ1v) is 6.20. The van der Waals surface area contributed by atoms with Crippen LogP contribution in [0.4, 0.5) is 0 Å². The normalized spacial score (nSPS) is 11.8. The summed E-state index contributed by atoms with van der Waals surface area (Å²) in [5, 5.41) is 15.2. The molecule has 1 unspecified atom stereocenters. The van der Waals surface area contributed by atoms with Crippen molar-refractivity contribution < 1.29 is 5.11 Å². The van der Waals surface area contributed by atoms with Crippen LogP contribution in [0.1, 0.15) is 16.5 Å². The highest BCUT2D eigenvalue weighted by molar-refractivity contribution is 7.09. The Labute approximate surface area is 112 Å². The van der Waals surface area contributed by atoms with Gasteiger partial charge in [0.05, 0.1) is 6.10 Å². The second-order valence-electron chi connectivity index (χ2n) is 3.64. The van der Waals surface area contributed by atoms with Crippen molar-refractivity contribution >= 4 is 23.7 Å². The summed E-state index contributed by atoms with van der Waals surface area (Å²) >= 11 is 1.73. The van der Waals surface area contributed by atoms with Gasteiger partial charge in [0.15, 0.2) is 0 Å². The molecule has 1 heterocycles. The standard InChI is InChI=1S/C13H15NOS.ClH/c15-13(11-5-2-1-3-6-11)10-14-9-12-7-4-8-16-12;/h1-8,13-15H,9-10H2;1H. The number of halogens is 1. The molecule has 1 aromatic carbocycles. The minimum atomic E-state index is -0.429. The molecule has 0 amide bonds. The summed E-state index contributed by atoms with van der Waals surface area (Å²) < 4.78 is 0. The lowest BCUT2D eigenvalue weighted by atomic mass is 10.1. The average molecular weight is 270 g/mol. The van der Waals surface area contributed by atoms with E-state index in [9.17, 15) is 5.11 Å². The summed E-state index contributed by atoms with van der Waals surface area (Å²) in [5.41, 5.74) is 0.959. The third kappa shape index (κ3) is 4.48. The topological polar surface area (TPSA) is 32.3 Å². The van der Waals surface area contributed by atoms with Crippen LogP contribution in [0.2, 0.25) is 0 Å². The zero-order valence-electron chi connectivity index (χ0n) is 9.37. The number of hydrogen-bond acceptors (Lipinski definition) is 3. The van der Waals surface area contributed by atoms with Gasteiger partial charge < -0.3 is 10.4 Å². The highest BCUT2D eigenvalue weighted by atomic mass is 35.5. The largest absolute Gasteiger partial charge is 0.387 e. The zero-order chi connectivity index (χ0) is 11.2. The third-order valence-electron chi connectivity index (χ3n) is 2.40. The first kappa shape index (κ1) is 14.2. The van der Waals surface area contributed by atoms with E-state index in [1.807, 2.05) is 36.4 Å². The Kier molecular flexibility index (Phi) is 6.22. The van der Waals surface area contributed by atoms with E-state index in [0.717, 1.165) is 12.1 Å². The molecule has 0 aliphatic carbocycles. The highest BCUT2D eigenvalue weighted by Crippen LogP contribution is 2.12. The smallest absolute Gasteiger partial charge is 0.0914 e. The monoisotopic (exact) mass is 269 g/mol. The predicted octanol–water partition coefficient (Wildman–Crippen LogP) is 2.99. The molecule has 1 atom stereocenters. The van der Waals surface area contributed by atoms with Gasteiger partial charge in [0.25, 0.3) is 0 Å². The van der Waals surface area contributed by atoms with E-state index in [1.165, 1.54) is 4.88 Å². The Morgan fingerprint density at radius 3 is 2.53 bits per heavy atom. The van der Waals surface area contributed by atoms with Crippen molar-refractivity contribution in [3.8, 4) is 0 Å². The molecule has 2 rings (SSSR count). The molecule has 2 aromatic rings. The van der Waals surface area contributed by atoms with Gasteiger partial charge in [-0.05, 0) is 17.0 Å². The molecule has 0 saturated heterocycles. The molecule has 4 heteroatoms. The van der Waals surface area contributed by atoms with Crippen LogP contribution < -0.4 is 5.32 Å². The molecular weight excluding hydrogens is 254 g/mol. The summed E-state index contributed by atoms with van der Waals surface area (Å²) in [6.07, 6.45) is -0.429. The van der Waals surface area contributed by atoms with Crippen molar-refractivity contribution in [3.63, 3.8) is 0 Å². The Morgan fingerprint density at radius 1 is 1.12 bits per heavy atom. The second kappa shape index (κ2) is 7.45. The number of benzene rings is 1. The lowest BCUT2D eigenvalue weighted by molar-refractivity contribution is 0.174. The van der Waals surface area contributed by atoms with Gasteiger partial charge in [0.2, 0.25) is 0 Å². The second-order valence-corrected chi connectivity index (χ2v) is 4.67. The molecule has 92 valence electrons. The van der Waals surface area contributed by atoms with Crippen LogP contribution in [0.3, 0.4) is 0 Å². The molecule has 2 nitrogen and oxygen atoms in total. The fourth-order valence-electron chi connectivity index (χ4n) is 1.54. The quantitative estimate of drug-likeness (QED) is 0.875. The number of hydrogen-bond donors (Lipinski definition) is 2. The Hall–Kier alpha value is -0.870. The van der Waals surface area contributed by atoms with Crippen LogP contribution in [0.5, 0.6) is 0 Å². The van der Waals surface area contributed by atoms with Gasteiger partial charge in [-0.2, -0.15) is 0 Å². The van der Waals surface area contributed by atoms with Gasteiger partial charge in [-0.15, -0.1) is 23.7 Å². The molecular formula is C13H16ClNOS. The van der Waals surface area contributed by atoms with Gasteiger partial charge in [0.1, 0.15) is 0 Å². The highest BCUT2D eigenvalue weighted by Gasteiger charge is 2.05. The van der Waals surface area contributed by atoms with E-state index in [0.29, 0.717) is 6.54 Å². The maximum absolute atomic E-state index is 9.89. The maximum Gasteiger partial charge on any atom is 0.0914 e. The molecule has 0 aliphatic heterocycles. The SMILES string of the molecule is Cl.OC(CNCc1cccs1)c1ccccc1. The fourth-order valence-corrected chi connectivity index (χ4v) is 2.21. The first-order valence-electron chi connectivity index (χ1n) is 5.32. The van der Waals surface area contributed by atoms with Crippen molar-refractivity contribution in [3.05, 3.63) is 58.3 Å². The van der Waals surface area contributed by atoms with E-state index < -0.39 is 6.10 Å². The molecule has 2 N–H and O–H groups in total. The van der Waals surface area contributed by atoms with Crippen LogP contribution in [-0.2, 0) is 6.54 Å². The van der Waals surface area contributed by atoms with Crippen LogP contribution in [0.15, 0.2) is 47.8 Å². The van der Waals surface area contributed by atoms with Crippen LogP contribution in [0.25, 0.3) is 0 Å². The van der Waals surface area contributed by atoms with Crippen molar-refractivity contribution in [2.45, 2.75) is 12.6 Å². The fraction of sp³-hybridized carbons (Fsp3) is 0.231. The summed E-state index contributed by atoms with van der Waals surface area (Å²) in [4.78, 5) is 1.29. The van der Waals surface area contributed by atoms with Gasteiger partial charge in [0, 0.05) is 18.0 Å². The Balaban J connectivity index is 0.00000144. The minimum absolute atomic E-state index is 0.